The lowest BCUT2D eigenvalue weighted by Crippen LogP contribution is -2.08. The molecule has 2 unspecified atom stereocenters. The molecule has 2 saturated heterocycles. The highest BCUT2D eigenvalue weighted by Gasteiger charge is 2.46. The summed E-state index contributed by atoms with van der Waals surface area (Å²) in [7, 11) is 0. The number of hydrogen-bond acceptors (Lipinski definition) is 4. The fourth-order valence-corrected chi connectivity index (χ4v) is 4.27. The van der Waals surface area contributed by atoms with E-state index in [1.165, 1.54) is 0 Å². The number of rotatable bonds is 4. The van der Waals surface area contributed by atoms with Crippen LogP contribution in [-0.4, -0.2) is 27.7 Å². The van der Waals surface area contributed by atoms with Crippen LogP contribution >= 0.6 is 23.5 Å². The Morgan fingerprint density at radius 2 is 1.42 bits per heavy atom. The molecule has 2 atom stereocenters. The average Bonchev–Trinajstić information content (AvgIpc) is 2.76. The van der Waals surface area contributed by atoms with Gasteiger partial charge in [0, 0.05) is 0 Å². The smallest absolute Gasteiger partial charge is 0.135 e. The van der Waals surface area contributed by atoms with Gasteiger partial charge < -0.3 is 9.47 Å². The van der Waals surface area contributed by atoms with E-state index in [9.17, 15) is 0 Å². The largest absolute Gasteiger partial charge is 0.358 e. The molecule has 2 fully saturated rings. The van der Waals surface area contributed by atoms with E-state index in [1.54, 1.807) is 0 Å². The molecular weight excluding hydrogens is 192 g/mol. The van der Waals surface area contributed by atoms with Crippen LogP contribution in [0.15, 0.2) is 0 Å². The van der Waals surface area contributed by atoms with Crippen LogP contribution in [0.3, 0.4) is 0 Å². The first-order valence-corrected chi connectivity index (χ1v) is 5.91. The molecule has 0 saturated carbocycles. The molecule has 0 bridgehead atoms. The second-order valence-electron chi connectivity index (χ2n) is 3.65. The fraction of sp³-hybridized carbons (Fsp3) is 1.00. The first kappa shape index (κ1) is 9.19. The van der Waals surface area contributed by atoms with Gasteiger partial charge in [-0.3, -0.25) is 0 Å². The van der Waals surface area contributed by atoms with E-state index in [4.69, 9.17) is 9.47 Å². The Morgan fingerprint density at radius 1 is 1.08 bits per heavy atom. The molecular formula is C8H14O2S2. The summed E-state index contributed by atoms with van der Waals surface area (Å²) in [6.45, 7) is 8.31. The van der Waals surface area contributed by atoms with Crippen molar-refractivity contribution in [2.24, 2.45) is 0 Å². The Hall–Kier alpha value is 0.620. The standard InChI is InChI=1S/C8H14O2S2/c1-6(11-7(2)4-9-7)12-8(3)5-10-8/h6H,4-5H2,1-3H3. The molecule has 4 heteroatoms. The minimum absolute atomic E-state index is 0.109. The first-order valence-electron chi connectivity index (χ1n) is 4.15. The van der Waals surface area contributed by atoms with E-state index in [0.29, 0.717) is 4.58 Å². The van der Waals surface area contributed by atoms with Gasteiger partial charge in [-0.2, -0.15) is 0 Å². The maximum atomic E-state index is 5.31. The summed E-state index contributed by atoms with van der Waals surface area (Å²) in [5.74, 6) is 0. The van der Waals surface area contributed by atoms with Crippen molar-refractivity contribution in [2.45, 2.75) is 35.2 Å². The van der Waals surface area contributed by atoms with E-state index in [-0.39, 0.29) is 9.87 Å². The topological polar surface area (TPSA) is 25.1 Å². The summed E-state index contributed by atoms with van der Waals surface area (Å²) in [4.78, 5) is 0.218. The highest BCUT2D eigenvalue weighted by atomic mass is 32.2. The predicted molar refractivity (Wildman–Crippen MR) is 53.4 cm³/mol. The van der Waals surface area contributed by atoms with Gasteiger partial charge in [0.2, 0.25) is 0 Å². The van der Waals surface area contributed by atoms with Crippen LogP contribution in [-0.2, 0) is 9.47 Å². The minimum atomic E-state index is 0.109. The number of thioether (sulfide) groups is 2. The Kier molecular flexibility index (Phi) is 2.15. The van der Waals surface area contributed by atoms with Crippen LogP contribution in [0.1, 0.15) is 20.8 Å². The highest BCUT2D eigenvalue weighted by Crippen LogP contribution is 2.50. The van der Waals surface area contributed by atoms with Gasteiger partial charge in [-0.05, 0) is 20.8 Å². The lowest BCUT2D eigenvalue weighted by molar-refractivity contribution is 0.400. The van der Waals surface area contributed by atoms with Gasteiger partial charge in [0.05, 0.1) is 17.8 Å². The fourth-order valence-electron chi connectivity index (χ4n) is 1.07. The van der Waals surface area contributed by atoms with Crippen molar-refractivity contribution in [1.82, 2.24) is 0 Å². The second-order valence-corrected chi connectivity index (χ2v) is 7.56. The van der Waals surface area contributed by atoms with Crippen molar-refractivity contribution < 1.29 is 9.47 Å². The van der Waals surface area contributed by atoms with Gasteiger partial charge in [0.15, 0.2) is 0 Å². The molecule has 2 rings (SSSR count). The molecule has 0 amide bonds. The van der Waals surface area contributed by atoms with Gasteiger partial charge in [-0.15, -0.1) is 23.5 Å². The monoisotopic (exact) mass is 206 g/mol. The molecule has 12 heavy (non-hydrogen) atoms. The summed E-state index contributed by atoms with van der Waals surface area (Å²) >= 11 is 3.79. The van der Waals surface area contributed by atoms with E-state index < -0.39 is 0 Å². The van der Waals surface area contributed by atoms with Crippen LogP contribution < -0.4 is 0 Å². The lowest BCUT2D eigenvalue weighted by Gasteiger charge is -2.15. The van der Waals surface area contributed by atoms with Crippen LogP contribution in [0, 0.1) is 0 Å². The molecule has 0 aromatic carbocycles. The quantitative estimate of drug-likeness (QED) is 0.520. The van der Waals surface area contributed by atoms with E-state index >= 15 is 0 Å². The van der Waals surface area contributed by atoms with Crippen LogP contribution in [0.4, 0.5) is 0 Å². The van der Waals surface area contributed by atoms with Gasteiger partial charge in [0.1, 0.15) is 9.87 Å². The molecule has 70 valence electrons. The number of hydrogen-bond donors (Lipinski definition) is 0. The summed E-state index contributed by atoms with van der Waals surface area (Å²) in [5, 5.41) is 0. The number of epoxide rings is 2. The molecule has 0 aromatic heterocycles. The molecule has 2 aliphatic heterocycles. The Balaban J connectivity index is 1.73. The Morgan fingerprint density at radius 3 is 1.67 bits per heavy atom. The molecule has 2 aliphatic rings. The normalized spacial score (nSPS) is 47.2. The lowest BCUT2D eigenvalue weighted by atomic mass is 10.6. The minimum Gasteiger partial charge on any atom is -0.358 e. The predicted octanol–water partition coefficient (Wildman–Crippen LogP) is 2.29. The molecule has 0 radical (unpaired) electrons. The van der Waals surface area contributed by atoms with E-state index in [0.717, 1.165) is 13.2 Å². The maximum absolute atomic E-state index is 5.31. The van der Waals surface area contributed by atoms with Crippen LogP contribution in [0.2, 0.25) is 0 Å². The van der Waals surface area contributed by atoms with E-state index in [2.05, 4.69) is 20.8 Å². The molecule has 0 aliphatic carbocycles. The van der Waals surface area contributed by atoms with Crippen molar-refractivity contribution in [2.75, 3.05) is 13.2 Å². The SMILES string of the molecule is CC(SC1(C)CO1)SC1(C)CO1. The van der Waals surface area contributed by atoms with Crippen molar-refractivity contribution in [1.29, 1.82) is 0 Å². The summed E-state index contributed by atoms with van der Waals surface area (Å²) in [5.41, 5.74) is 0. The van der Waals surface area contributed by atoms with Gasteiger partial charge in [0.25, 0.3) is 0 Å². The Labute approximate surface area is 81.8 Å². The van der Waals surface area contributed by atoms with Crippen molar-refractivity contribution >= 4 is 23.5 Å². The van der Waals surface area contributed by atoms with Crippen molar-refractivity contribution in [3.63, 3.8) is 0 Å². The van der Waals surface area contributed by atoms with Gasteiger partial charge in [-0.25, -0.2) is 0 Å². The summed E-state index contributed by atoms with van der Waals surface area (Å²) in [6.07, 6.45) is 0. The zero-order chi connectivity index (χ0) is 8.82. The third kappa shape index (κ3) is 2.31. The summed E-state index contributed by atoms with van der Waals surface area (Å²) in [6, 6.07) is 0. The molecule has 0 spiro atoms. The first-order chi connectivity index (χ1) is 5.52. The second kappa shape index (κ2) is 2.80. The van der Waals surface area contributed by atoms with Gasteiger partial charge >= 0.3 is 0 Å². The Bertz CT molecular complexity index is 167. The molecule has 2 heterocycles. The zero-order valence-electron chi connectivity index (χ0n) is 7.62. The number of ether oxygens (including phenoxy) is 2. The van der Waals surface area contributed by atoms with Gasteiger partial charge in [-0.1, -0.05) is 0 Å². The van der Waals surface area contributed by atoms with Crippen LogP contribution in [0.25, 0.3) is 0 Å². The zero-order valence-corrected chi connectivity index (χ0v) is 9.26. The molecule has 0 N–H and O–H groups in total. The molecule has 0 aromatic rings. The van der Waals surface area contributed by atoms with Crippen LogP contribution in [0.5, 0.6) is 0 Å². The summed E-state index contributed by atoms with van der Waals surface area (Å²) < 4.78 is 11.2. The van der Waals surface area contributed by atoms with Crippen molar-refractivity contribution in [3.05, 3.63) is 0 Å². The average molecular weight is 206 g/mol. The third-order valence-corrected chi connectivity index (χ3v) is 4.64. The molecule has 2 nitrogen and oxygen atoms in total. The third-order valence-electron chi connectivity index (χ3n) is 1.93. The highest BCUT2D eigenvalue weighted by molar-refractivity contribution is 8.18. The van der Waals surface area contributed by atoms with Crippen molar-refractivity contribution in [3.8, 4) is 0 Å². The maximum Gasteiger partial charge on any atom is 0.135 e. The van der Waals surface area contributed by atoms with E-state index in [1.807, 2.05) is 23.5 Å².